The zero-order valence-electron chi connectivity index (χ0n) is 12.3. The predicted octanol–water partition coefficient (Wildman–Crippen LogP) is 3.56. The number of halogens is 1. The Morgan fingerprint density at radius 2 is 2.15 bits per heavy atom. The molecular weight excluding hydrogens is 336 g/mol. The van der Waals surface area contributed by atoms with Crippen molar-refractivity contribution in [2.75, 3.05) is 6.54 Å². The summed E-state index contributed by atoms with van der Waals surface area (Å²) >= 11 is 5.30. The van der Waals surface area contributed by atoms with Crippen LogP contribution in [0, 0.1) is 0 Å². The van der Waals surface area contributed by atoms with Crippen molar-refractivity contribution in [3.8, 4) is 0 Å². The van der Waals surface area contributed by atoms with Gasteiger partial charge in [0.2, 0.25) is 5.91 Å². The number of rotatable bonds is 8. The molecule has 0 saturated heterocycles. The molecule has 2 atom stereocenters. The summed E-state index contributed by atoms with van der Waals surface area (Å²) in [5.41, 5.74) is 4.91. The topological polar surface area (TPSA) is 55.1 Å². The second-order valence-electron chi connectivity index (χ2n) is 5.19. The van der Waals surface area contributed by atoms with Crippen LogP contribution >= 0.6 is 27.7 Å². The summed E-state index contributed by atoms with van der Waals surface area (Å²) in [4.78, 5) is 12.9. The Balaban J connectivity index is 2.69. The van der Waals surface area contributed by atoms with E-state index in [9.17, 15) is 4.79 Å². The van der Waals surface area contributed by atoms with Crippen LogP contribution < -0.4 is 11.1 Å². The lowest BCUT2D eigenvalue weighted by atomic mass is 9.95. The first kappa shape index (κ1) is 17.5. The minimum Gasteiger partial charge on any atom is -0.368 e. The number of primary amides is 1. The maximum absolute atomic E-state index is 11.7. The third kappa shape index (κ3) is 5.11. The number of nitrogens with two attached hydrogens (primary N) is 1. The summed E-state index contributed by atoms with van der Waals surface area (Å²) in [5, 5.41) is 3.56. The van der Waals surface area contributed by atoms with E-state index in [2.05, 4.69) is 41.2 Å². The lowest BCUT2D eigenvalue weighted by Gasteiger charge is -2.30. The van der Waals surface area contributed by atoms with E-state index >= 15 is 0 Å². The van der Waals surface area contributed by atoms with Gasteiger partial charge in [-0.05, 0) is 54.4 Å². The number of amides is 1. The van der Waals surface area contributed by atoms with Gasteiger partial charge in [-0.3, -0.25) is 4.79 Å². The Labute approximate surface area is 134 Å². The monoisotopic (exact) mass is 358 g/mol. The van der Waals surface area contributed by atoms with Crippen LogP contribution in [0.5, 0.6) is 0 Å². The molecule has 0 aliphatic heterocycles. The Morgan fingerprint density at radius 1 is 1.50 bits per heavy atom. The van der Waals surface area contributed by atoms with Crippen LogP contribution in [0.4, 0.5) is 0 Å². The normalized spacial score (nSPS) is 15.6. The second-order valence-corrected chi connectivity index (χ2v) is 7.52. The average Bonchev–Trinajstić information content (AvgIpc) is 2.39. The van der Waals surface area contributed by atoms with Crippen LogP contribution in [0.15, 0.2) is 33.6 Å². The Kier molecular flexibility index (Phi) is 7.06. The van der Waals surface area contributed by atoms with Crippen molar-refractivity contribution in [1.82, 2.24) is 5.32 Å². The van der Waals surface area contributed by atoms with Gasteiger partial charge in [0.05, 0.1) is 5.54 Å². The van der Waals surface area contributed by atoms with Crippen molar-refractivity contribution >= 4 is 33.6 Å². The van der Waals surface area contributed by atoms with Crippen LogP contribution in [-0.4, -0.2) is 23.2 Å². The van der Waals surface area contributed by atoms with Crippen molar-refractivity contribution < 1.29 is 4.79 Å². The fourth-order valence-electron chi connectivity index (χ4n) is 2.03. The van der Waals surface area contributed by atoms with E-state index in [1.807, 2.05) is 25.1 Å². The molecule has 3 nitrogen and oxygen atoms in total. The van der Waals surface area contributed by atoms with Crippen LogP contribution in [0.3, 0.4) is 0 Å². The van der Waals surface area contributed by atoms with Gasteiger partial charge in [-0.25, -0.2) is 0 Å². The number of hydrogen-bond acceptors (Lipinski definition) is 3. The minimum atomic E-state index is -0.649. The van der Waals surface area contributed by atoms with Gasteiger partial charge < -0.3 is 11.1 Å². The Bertz CT molecular complexity index is 455. The van der Waals surface area contributed by atoms with Crippen molar-refractivity contribution in [2.24, 2.45) is 5.73 Å². The third-order valence-electron chi connectivity index (χ3n) is 3.17. The zero-order chi connectivity index (χ0) is 15.2. The highest BCUT2D eigenvalue weighted by Crippen LogP contribution is 2.33. The van der Waals surface area contributed by atoms with Crippen LogP contribution in [0.25, 0.3) is 0 Å². The van der Waals surface area contributed by atoms with E-state index < -0.39 is 5.54 Å². The number of carbonyl (C=O) groups is 1. The molecule has 1 amide bonds. The Hall–Kier alpha value is -0.520. The first-order chi connectivity index (χ1) is 9.39. The fourth-order valence-corrected chi connectivity index (χ4v) is 3.79. The summed E-state index contributed by atoms with van der Waals surface area (Å²) in [6.45, 7) is 6.89. The molecule has 0 aromatic heterocycles. The van der Waals surface area contributed by atoms with Crippen LogP contribution in [0.1, 0.15) is 33.6 Å². The molecule has 20 heavy (non-hydrogen) atoms. The molecule has 112 valence electrons. The maximum atomic E-state index is 11.7. The molecule has 0 heterocycles. The molecule has 0 spiro atoms. The summed E-state index contributed by atoms with van der Waals surface area (Å²) < 4.78 is 1.08. The van der Waals surface area contributed by atoms with Gasteiger partial charge in [0.15, 0.2) is 0 Å². The highest BCUT2D eigenvalue weighted by molar-refractivity contribution is 9.10. The quantitative estimate of drug-likeness (QED) is 0.698. The maximum Gasteiger partial charge on any atom is 0.237 e. The van der Waals surface area contributed by atoms with Gasteiger partial charge in [-0.2, -0.15) is 0 Å². The number of benzene rings is 1. The van der Waals surface area contributed by atoms with E-state index in [0.29, 0.717) is 6.42 Å². The lowest BCUT2D eigenvalue weighted by Crippen LogP contribution is -2.54. The predicted molar refractivity (Wildman–Crippen MR) is 90.0 cm³/mol. The first-order valence-corrected chi connectivity index (χ1v) is 8.52. The van der Waals surface area contributed by atoms with Gasteiger partial charge in [0, 0.05) is 14.6 Å². The van der Waals surface area contributed by atoms with Gasteiger partial charge in [-0.15, -0.1) is 11.8 Å². The van der Waals surface area contributed by atoms with Crippen molar-refractivity contribution in [1.29, 1.82) is 0 Å². The number of carbonyl (C=O) groups excluding carboxylic acids is 1. The van der Waals surface area contributed by atoms with Gasteiger partial charge in [0.25, 0.3) is 0 Å². The molecule has 0 aliphatic carbocycles. The molecule has 0 radical (unpaired) electrons. The Morgan fingerprint density at radius 3 is 2.70 bits per heavy atom. The van der Waals surface area contributed by atoms with E-state index in [1.165, 1.54) is 4.90 Å². The highest BCUT2D eigenvalue weighted by atomic mass is 79.9. The summed E-state index contributed by atoms with van der Waals surface area (Å²) in [6, 6.07) is 8.11. The second kappa shape index (κ2) is 8.05. The minimum absolute atomic E-state index is 0.287. The molecule has 5 heteroatoms. The van der Waals surface area contributed by atoms with Crippen LogP contribution in [-0.2, 0) is 4.79 Å². The molecule has 1 aromatic carbocycles. The van der Waals surface area contributed by atoms with Gasteiger partial charge in [0.1, 0.15) is 0 Å². The lowest BCUT2D eigenvalue weighted by molar-refractivity contribution is -0.124. The molecular formula is C15H23BrN2OS. The van der Waals surface area contributed by atoms with Gasteiger partial charge in [-0.1, -0.05) is 26.0 Å². The summed E-state index contributed by atoms with van der Waals surface area (Å²) in [5.74, 6) is -0.287. The molecule has 0 bridgehead atoms. The highest BCUT2D eigenvalue weighted by Gasteiger charge is 2.32. The largest absolute Gasteiger partial charge is 0.368 e. The summed E-state index contributed by atoms with van der Waals surface area (Å²) in [6.07, 6.45) is 1.68. The smallest absolute Gasteiger partial charge is 0.237 e. The molecule has 1 aromatic rings. The van der Waals surface area contributed by atoms with E-state index in [4.69, 9.17) is 5.73 Å². The zero-order valence-corrected chi connectivity index (χ0v) is 14.7. The summed E-state index contributed by atoms with van der Waals surface area (Å²) in [7, 11) is 0. The molecule has 2 unspecified atom stereocenters. The number of thioether (sulfide) groups is 1. The van der Waals surface area contributed by atoms with Crippen molar-refractivity contribution in [2.45, 2.75) is 49.3 Å². The van der Waals surface area contributed by atoms with E-state index in [-0.39, 0.29) is 11.2 Å². The fraction of sp³-hybridized carbons (Fsp3) is 0.533. The standard InChI is InChI=1S/C15H23BrN2OS/c1-4-9-18-15(3,14(17)19)10-11(2)20-13-8-6-5-7-12(13)16/h5-8,11,18H,4,9-10H2,1-3H3,(H2,17,19). The molecule has 1 rings (SSSR count). The van der Waals surface area contributed by atoms with Crippen molar-refractivity contribution in [3.05, 3.63) is 28.7 Å². The van der Waals surface area contributed by atoms with Crippen LogP contribution in [0.2, 0.25) is 0 Å². The molecule has 0 fully saturated rings. The number of hydrogen-bond donors (Lipinski definition) is 2. The van der Waals surface area contributed by atoms with Crippen molar-refractivity contribution in [3.63, 3.8) is 0 Å². The third-order valence-corrected chi connectivity index (χ3v) is 5.30. The molecule has 0 aliphatic rings. The molecule has 3 N–H and O–H groups in total. The number of nitrogens with one attached hydrogen (secondary N) is 1. The van der Waals surface area contributed by atoms with E-state index in [1.54, 1.807) is 11.8 Å². The SMILES string of the molecule is CCCNC(C)(CC(C)Sc1ccccc1Br)C(N)=O. The molecule has 0 saturated carbocycles. The van der Waals surface area contributed by atoms with E-state index in [0.717, 1.165) is 17.4 Å². The average molecular weight is 359 g/mol. The van der Waals surface area contributed by atoms with Gasteiger partial charge >= 0.3 is 0 Å². The first-order valence-electron chi connectivity index (χ1n) is 6.85.